The van der Waals surface area contributed by atoms with Gasteiger partial charge >= 0.3 is 0 Å². The topological polar surface area (TPSA) is 86.6 Å². The van der Waals surface area contributed by atoms with Crippen LogP contribution in [0.3, 0.4) is 0 Å². The molecule has 0 amide bonds. The van der Waals surface area contributed by atoms with Crippen LogP contribution in [-0.4, -0.2) is 48.6 Å². The van der Waals surface area contributed by atoms with Crippen molar-refractivity contribution in [2.75, 3.05) is 30.3 Å². The van der Waals surface area contributed by atoms with Crippen LogP contribution in [0.1, 0.15) is 96.6 Å². The third-order valence-electron chi connectivity index (χ3n) is 10.3. The predicted octanol–water partition coefficient (Wildman–Crippen LogP) is 9.09. The van der Waals surface area contributed by atoms with Crippen LogP contribution in [0.25, 0.3) is 0 Å². The minimum atomic E-state index is -3.97. The van der Waals surface area contributed by atoms with E-state index in [9.17, 15) is 13.0 Å². The van der Waals surface area contributed by atoms with E-state index in [1.54, 1.807) is 0 Å². The molecule has 8 heteroatoms. The maximum atomic E-state index is 11.3. The largest absolute Gasteiger partial charge is 0.344 e. The fourth-order valence-electron chi connectivity index (χ4n) is 7.65. The number of allylic oxidation sites excluding steroid dienone is 8. The van der Waals surface area contributed by atoms with E-state index in [1.165, 1.54) is 46.6 Å². The fourth-order valence-corrected chi connectivity index (χ4v) is 8.54. The molecule has 3 aliphatic rings. The first-order valence-corrected chi connectivity index (χ1v) is 19.6. The first-order valence-electron chi connectivity index (χ1n) is 17.6. The van der Waals surface area contributed by atoms with Gasteiger partial charge in [-0.1, -0.05) is 80.4 Å². The summed E-state index contributed by atoms with van der Waals surface area (Å²) in [7, 11) is -3.97. The van der Waals surface area contributed by atoms with Crippen LogP contribution in [0, 0.1) is 0 Å². The van der Waals surface area contributed by atoms with E-state index < -0.39 is 10.1 Å². The van der Waals surface area contributed by atoms with E-state index in [1.807, 2.05) is 6.07 Å². The Morgan fingerprint density at radius 2 is 1.58 bits per heavy atom. The van der Waals surface area contributed by atoms with Crippen LogP contribution in [0.5, 0.6) is 0 Å². The summed E-state index contributed by atoms with van der Waals surface area (Å²) in [6.45, 7) is 11.5. The van der Waals surface area contributed by atoms with E-state index in [0.29, 0.717) is 19.4 Å². The maximum absolute atomic E-state index is 11.3. The average molecular weight is 691 g/mol. The molecule has 0 bridgehead atoms. The Bertz CT molecular complexity index is 1760. The van der Waals surface area contributed by atoms with Crippen molar-refractivity contribution in [3.8, 4) is 0 Å². The molecule has 0 fully saturated rings. The van der Waals surface area contributed by atoms with Gasteiger partial charge < -0.3 is 10.6 Å². The van der Waals surface area contributed by atoms with Crippen LogP contribution in [-0.2, 0) is 20.9 Å². The summed E-state index contributed by atoms with van der Waals surface area (Å²) in [4.78, 5) is 2.30. The van der Waals surface area contributed by atoms with Crippen molar-refractivity contribution in [3.63, 3.8) is 0 Å². The Balaban J connectivity index is 1.43. The molecule has 3 N–H and O–H groups in total. The van der Waals surface area contributed by atoms with E-state index in [-0.39, 0.29) is 16.6 Å². The Labute approximate surface area is 293 Å². The molecule has 0 saturated heterocycles. The number of para-hydroxylation sites is 2. The van der Waals surface area contributed by atoms with E-state index in [2.05, 4.69) is 104 Å². The first kappa shape index (κ1) is 36.3. The quantitative estimate of drug-likeness (QED) is 0.117. The van der Waals surface area contributed by atoms with Crippen LogP contribution < -0.4 is 10.6 Å². The molecule has 258 valence electrons. The van der Waals surface area contributed by atoms with Crippen LogP contribution >= 0.6 is 11.6 Å². The molecule has 0 atom stereocenters. The van der Waals surface area contributed by atoms with Crippen LogP contribution in [0.2, 0.25) is 0 Å². The van der Waals surface area contributed by atoms with Gasteiger partial charge in [-0.2, -0.15) is 13.0 Å². The van der Waals surface area contributed by atoms with Crippen molar-refractivity contribution in [2.24, 2.45) is 5.73 Å². The number of halogens is 1. The highest BCUT2D eigenvalue weighted by Gasteiger charge is 2.44. The van der Waals surface area contributed by atoms with Crippen LogP contribution in [0.15, 0.2) is 94.7 Å². The summed E-state index contributed by atoms with van der Waals surface area (Å²) >= 11 is 7.19. The summed E-state index contributed by atoms with van der Waals surface area (Å²) in [6, 6.07) is 17.2. The number of nitrogens with two attached hydrogens (primary N) is 1. The molecule has 2 aromatic carbocycles. The number of fused-ring (bicyclic) bond motifs is 2. The molecule has 5 rings (SSSR count). The maximum Gasteiger partial charge on any atom is 0.264 e. The lowest BCUT2D eigenvalue weighted by Gasteiger charge is -2.27. The summed E-state index contributed by atoms with van der Waals surface area (Å²) in [5.74, 6) is -0.222. The van der Waals surface area contributed by atoms with E-state index in [4.69, 9.17) is 17.3 Å². The van der Waals surface area contributed by atoms with Crippen molar-refractivity contribution < 1.29 is 17.5 Å². The molecular weight excluding hydrogens is 638 g/mol. The lowest BCUT2D eigenvalue weighted by Crippen LogP contribution is -2.28. The highest BCUT2D eigenvalue weighted by atomic mass is 35.5. The monoisotopic (exact) mass is 690 g/mol. The smallest absolute Gasteiger partial charge is 0.264 e. The van der Waals surface area contributed by atoms with Gasteiger partial charge in [0.15, 0.2) is 5.71 Å². The van der Waals surface area contributed by atoms with Gasteiger partial charge in [0.1, 0.15) is 6.54 Å². The first-order chi connectivity index (χ1) is 22.9. The van der Waals surface area contributed by atoms with Gasteiger partial charge in [-0.05, 0) is 94.2 Å². The third kappa shape index (κ3) is 7.91. The Morgan fingerprint density at radius 1 is 0.875 bits per heavy atom. The molecule has 0 radical (unpaired) electrons. The lowest BCUT2D eigenvalue weighted by atomic mass is 9.81. The van der Waals surface area contributed by atoms with Crippen molar-refractivity contribution in [1.29, 1.82) is 0 Å². The highest BCUT2D eigenvalue weighted by molar-refractivity contribution is 7.85. The van der Waals surface area contributed by atoms with Gasteiger partial charge in [0.25, 0.3) is 10.1 Å². The SMILES string of the molecule is CC1(C)C(=CC=C2CCCC(C=CC3=[N+](CCCCCCN)c4ccccc4C3(C)C)=C2Cl)N(CCCCS(=O)(=O)O)c2ccccc21. The Kier molecular flexibility index (Phi) is 11.6. The second-order valence-corrected chi connectivity index (χ2v) is 16.4. The summed E-state index contributed by atoms with van der Waals surface area (Å²) in [5.41, 5.74) is 15.3. The number of anilines is 1. The molecule has 2 aliphatic heterocycles. The number of rotatable bonds is 14. The van der Waals surface area contributed by atoms with E-state index >= 15 is 0 Å². The third-order valence-corrected chi connectivity index (χ3v) is 11.6. The summed E-state index contributed by atoms with van der Waals surface area (Å²) < 4.78 is 34.4. The average Bonchev–Trinajstić information content (AvgIpc) is 3.40. The minimum absolute atomic E-state index is 0.108. The Hall–Kier alpha value is -2.97. The van der Waals surface area contributed by atoms with Crippen molar-refractivity contribution >= 4 is 38.8 Å². The van der Waals surface area contributed by atoms with Crippen molar-refractivity contribution in [1.82, 2.24) is 0 Å². The predicted molar refractivity (Wildman–Crippen MR) is 201 cm³/mol. The zero-order valence-corrected chi connectivity index (χ0v) is 30.7. The standard InChI is InChI=1S/C40H52ClN3O3S/c1-39(2)32-18-7-9-20-34(32)43(27-12-6-5-11-26-42)36(39)24-22-30-16-15-17-31(38(30)41)23-25-37-40(3,4)33-19-8-10-21-35(33)44(37)28-13-14-29-48(45,46)47/h7-10,18-25H,5-6,11-17,26-29,42H2,1-4H3/p+1. The number of unbranched alkanes of at least 4 members (excludes halogenated alkanes) is 4. The molecule has 1 aliphatic carbocycles. The molecule has 0 saturated carbocycles. The fraction of sp³-hybridized carbons (Fsp3) is 0.475. The molecule has 0 spiro atoms. The molecule has 6 nitrogen and oxygen atoms in total. The number of nitrogens with zero attached hydrogens (tertiary/aromatic N) is 2. The second kappa shape index (κ2) is 15.3. The van der Waals surface area contributed by atoms with Gasteiger partial charge in [0.2, 0.25) is 5.69 Å². The van der Waals surface area contributed by atoms with E-state index in [0.717, 1.165) is 61.5 Å². The van der Waals surface area contributed by atoms with Crippen LogP contribution in [0.4, 0.5) is 11.4 Å². The minimum Gasteiger partial charge on any atom is -0.344 e. The van der Waals surface area contributed by atoms with Crippen molar-refractivity contribution in [3.05, 3.63) is 106 Å². The van der Waals surface area contributed by atoms with Gasteiger partial charge in [-0.15, -0.1) is 0 Å². The lowest BCUT2D eigenvalue weighted by molar-refractivity contribution is -0.438. The molecular formula is C40H53ClN3O3S+. The van der Waals surface area contributed by atoms with Gasteiger partial charge in [0.05, 0.1) is 11.2 Å². The molecule has 0 aromatic heterocycles. The van der Waals surface area contributed by atoms with Gasteiger partial charge in [0, 0.05) is 52.5 Å². The van der Waals surface area contributed by atoms with Gasteiger partial charge in [-0.25, -0.2) is 0 Å². The zero-order valence-electron chi connectivity index (χ0n) is 29.1. The summed E-state index contributed by atoms with van der Waals surface area (Å²) in [5, 5.41) is 0.838. The number of benzene rings is 2. The normalized spacial score (nSPS) is 20.4. The Morgan fingerprint density at radius 3 is 2.33 bits per heavy atom. The number of hydrogen-bond donors (Lipinski definition) is 2. The number of hydrogen-bond acceptors (Lipinski definition) is 4. The second-order valence-electron chi connectivity index (χ2n) is 14.4. The zero-order chi connectivity index (χ0) is 34.5. The molecule has 2 aromatic rings. The van der Waals surface area contributed by atoms with Crippen molar-refractivity contribution in [2.45, 2.75) is 96.3 Å². The molecule has 2 heterocycles. The molecule has 0 unspecified atom stereocenters. The highest BCUT2D eigenvalue weighted by Crippen LogP contribution is 2.48. The molecule has 48 heavy (non-hydrogen) atoms. The summed E-state index contributed by atoms with van der Waals surface area (Å²) in [6.07, 6.45) is 17.5. The van der Waals surface area contributed by atoms with Gasteiger partial charge in [-0.3, -0.25) is 4.55 Å².